The van der Waals surface area contributed by atoms with Gasteiger partial charge in [0.2, 0.25) is 5.76 Å². The molecule has 2 aliphatic rings. The molecule has 2 aromatic rings. The third-order valence-electron chi connectivity index (χ3n) is 6.39. The highest BCUT2D eigenvalue weighted by molar-refractivity contribution is 6.04. The maximum atomic E-state index is 13.6. The number of ether oxygens (including phenoxy) is 2. The third kappa shape index (κ3) is 3.07. The standard InChI is InChI=1S/C23H21F3O4/c1-12(27)30-21(23(24,25)26)18-11-19-17-6-4-13-10-14(29-3)5-7-15(13)16(17)8-9-22(19,2)20(18)28/h4-7,10,19H,8-9,11H2,1-3H3/b21-18+/t19-,22-/m0/s1. The van der Waals surface area contributed by atoms with Gasteiger partial charge in [-0.3, -0.25) is 9.59 Å². The molecule has 7 heteroatoms. The van der Waals surface area contributed by atoms with E-state index in [4.69, 9.17) is 4.74 Å². The summed E-state index contributed by atoms with van der Waals surface area (Å²) in [6, 6.07) is 9.52. The Kier molecular flexibility index (Phi) is 4.67. The summed E-state index contributed by atoms with van der Waals surface area (Å²) in [5.41, 5.74) is 0.536. The van der Waals surface area contributed by atoms with E-state index in [9.17, 15) is 22.8 Å². The van der Waals surface area contributed by atoms with Gasteiger partial charge in [0, 0.05) is 23.8 Å². The highest BCUT2D eigenvalue weighted by Gasteiger charge is 2.55. The molecule has 1 saturated carbocycles. The quantitative estimate of drug-likeness (QED) is 0.380. The fraction of sp³-hybridized carbons (Fsp3) is 0.391. The highest BCUT2D eigenvalue weighted by Crippen LogP contribution is 2.57. The maximum absolute atomic E-state index is 13.6. The summed E-state index contributed by atoms with van der Waals surface area (Å²) >= 11 is 0. The number of rotatable bonds is 2. The number of aryl methyl sites for hydroxylation is 1. The van der Waals surface area contributed by atoms with E-state index in [-0.39, 0.29) is 6.42 Å². The first kappa shape index (κ1) is 20.4. The van der Waals surface area contributed by atoms with Crippen molar-refractivity contribution in [3.05, 3.63) is 52.8 Å². The number of allylic oxidation sites excluding steroid dienone is 2. The van der Waals surface area contributed by atoms with Gasteiger partial charge in [-0.15, -0.1) is 0 Å². The largest absolute Gasteiger partial charge is 0.497 e. The predicted octanol–water partition coefficient (Wildman–Crippen LogP) is 5.24. The minimum Gasteiger partial charge on any atom is -0.497 e. The van der Waals surface area contributed by atoms with E-state index in [0.717, 1.165) is 34.6 Å². The summed E-state index contributed by atoms with van der Waals surface area (Å²) in [5.74, 6) is -2.82. The van der Waals surface area contributed by atoms with E-state index in [0.29, 0.717) is 12.8 Å². The van der Waals surface area contributed by atoms with Gasteiger partial charge in [0.1, 0.15) is 5.75 Å². The Morgan fingerprint density at radius 1 is 1.20 bits per heavy atom. The summed E-state index contributed by atoms with van der Waals surface area (Å²) in [5, 5.41) is 1.99. The number of methoxy groups -OCH3 is 1. The molecule has 0 aliphatic heterocycles. The Balaban J connectivity index is 1.86. The van der Waals surface area contributed by atoms with E-state index in [1.807, 2.05) is 30.3 Å². The number of Topliss-reactive ketones (excluding diaryl/α,β-unsaturated/α-hetero) is 1. The van der Waals surface area contributed by atoms with Crippen LogP contribution in [0.2, 0.25) is 0 Å². The minimum absolute atomic E-state index is 0.105. The van der Waals surface area contributed by atoms with Crippen LogP contribution in [0.4, 0.5) is 13.2 Å². The van der Waals surface area contributed by atoms with Gasteiger partial charge < -0.3 is 9.47 Å². The van der Waals surface area contributed by atoms with Crippen LogP contribution in [0.5, 0.6) is 5.75 Å². The molecule has 1 fully saturated rings. The van der Waals surface area contributed by atoms with Crippen LogP contribution in [0, 0.1) is 5.41 Å². The fourth-order valence-electron chi connectivity index (χ4n) is 4.90. The molecule has 2 aliphatic carbocycles. The number of hydrogen-bond donors (Lipinski definition) is 0. The lowest BCUT2D eigenvalue weighted by atomic mass is 9.66. The molecule has 30 heavy (non-hydrogen) atoms. The second kappa shape index (κ2) is 6.86. The van der Waals surface area contributed by atoms with Crippen LogP contribution in [0.1, 0.15) is 43.7 Å². The van der Waals surface area contributed by atoms with Gasteiger partial charge in [0.05, 0.1) is 7.11 Å². The number of hydrogen-bond acceptors (Lipinski definition) is 4. The zero-order chi connectivity index (χ0) is 21.8. The number of halogens is 3. The molecule has 0 spiro atoms. The van der Waals surface area contributed by atoms with Crippen molar-refractivity contribution in [3.8, 4) is 5.75 Å². The number of alkyl halides is 3. The molecule has 0 heterocycles. The summed E-state index contributed by atoms with van der Waals surface area (Å²) in [6.45, 7) is 2.62. The van der Waals surface area contributed by atoms with Crippen molar-refractivity contribution in [2.75, 3.05) is 7.11 Å². The Morgan fingerprint density at radius 3 is 2.57 bits per heavy atom. The Morgan fingerprint density at radius 2 is 1.93 bits per heavy atom. The van der Waals surface area contributed by atoms with Crippen molar-refractivity contribution in [3.63, 3.8) is 0 Å². The number of carbonyl (C=O) groups excluding carboxylic acids is 2. The summed E-state index contributed by atoms with van der Waals surface area (Å²) in [4.78, 5) is 24.4. The summed E-state index contributed by atoms with van der Waals surface area (Å²) in [6.07, 6.45) is -4.00. The zero-order valence-electron chi connectivity index (χ0n) is 16.9. The first-order valence-corrected chi connectivity index (χ1v) is 9.69. The number of ketones is 1. The molecule has 0 bridgehead atoms. The molecule has 0 saturated heterocycles. The maximum Gasteiger partial charge on any atom is 0.450 e. The number of benzene rings is 2. The first-order chi connectivity index (χ1) is 14.1. The number of esters is 1. The van der Waals surface area contributed by atoms with Gasteiger partial charge in [0.25, 0.3) is 0 Å². The molecule has 0 amide bonds. The van der Waals surface area contributed by atoms with Gasteiger partial charge in [-0.1, -0.05) is 25.1 Å². The lowest BCUT2D eigenvalue weighted by Crippen LogP contribution is -2.33. The number of fused-ring (bicyclic) bond motifs is 5. The van der Waals surface area contributed by atoms with Crippen LogP contribution in [0.25, 0.3) is 10.8 Å². The van der Waals surface area contributed by atoms with E-state index >= 15 is 0 Å². The van der Waals surface area contributed by atoms with E-state index < -0.39 is 40.6 Å². The molecule has 0 aromatic heterocycles. The Labute approximate surface area is 171 Å². The number of carbonyl (C=O) groups is 2. The lowest BCUT2D eigenvalue weighted by Gasteiger charge is -2.36. The van der Waals surface area contributed by atoms with E-state index in [1.54, 1.807) is 14.0 Å². The SMILES string of the molecule is COc1ccc2c3c(ccc2c1)[C@@H]1C/C(=C(\OC(C)=O)C(F)(F)F)C(=O)[C@@]1(C)CC3. The Hall–Kier alpha value is -2.83. The van der Waals surface area contributed by atoms with Gasteiger partial charge in [-0.05, 0) is 53.3 Å². The van der Waals surface area contributed by atoms with Crippen molar-refractivity contribution in [1.82, 2.24) is 0 Å². The summed E-state index contributed by atoms with van der Waals surface area (Å²) in [7, 11) is 1.59. The average molecular weight is 418 g/mol. The van der Waals surface area contributed by atoms with Crippen LogP contribution in [-0.2, 0) is 20.7 Å². The summed E-state index contributed by atoms with van der Waals surface area (Å²) < 4.78 is 50.5. The fourth-order valence-corrected chi connectivity index (χ4v) is 4.90. The third-order valence-corrected chi connectivity index (χ3v) is 6.39. The molecule has 2 aromatic carbocycles. The highest BCUT2D eigenvalue weighted by atomic mass is 19.4. The second-order valence-electron chi connectivity index (χ2n) is 8.12. The zero-order valence-corrected chi connectivity index (χ0v) is 16.9. The predicted molar refractivity (Wildman–Crippen MR) is 104 cm³/mol. The van der Waals surface area contributed by atoms with Gasteiger partial charge in [-0.2, -0.15) is 13.2 Å². The molecule has 4 nitrogen and oxygen atoms in total. The van der Waals surface area contributed by atoms with Crippen molar-refractivity contribution in [2.45, 2.75) is 45.2 Å². The Bertz CT molecular complexity index is 1100. The topological polar surface area (TPSA) is 52.6 Å². The average Bonchev–Trinajstić information content (AvgIpc) is 2.95. The monoisotopic (exact) mass is 418 g/mol. The molecule has 0 unspecified atom stereocenters. The van der Waals surface area contributed by atoms with Crippen LogP contribution in [-0.4, -0.2) is 25.0 Å². The van der Waals surface area contributed by atoms with Crippen molar-refractivity contribution < 1.29 is 32.2 Å². The van der Waals surface area contributed by atoms with E-state index in [2.05, 4.69) is 4.74 Å². The molecule has 0 radical (unpaired) electrons. The minimum atomic E-state index is -4.91. The van der Waals surface area contributed by atoms with Gasteiger partial charge in [0.15, 0.2) is 5.78 Å². The van der Waals surface area contributed by atoms with E-state index in [1.165, 1.54) is 0 Å². The van der Waals surface area contributed by atoms with Crippen molar-refractivity contribution >= 4 is 22.5 Å². The first-order valence-electron chi connectivity index (χ1n) is 9.69. The smallest absolute Gasteiger partial charge is 0.450 e. The molecular formula is C23H21F3O4. The second-order valence-corrected chi connectivity index (χ2v) is 8.12. The van der Waals surface area contributed by atoms with Gasteiger partial charge >= 0.3 is 12.1 Å². The molecule has 158 valence electrons. The van der Waals surface area contributed by atoms with Crippen LogP contribution >= 0.6 is 0 Å². The van der Waals surface area contributed by atoms with Crippen molar-refractivity contribution in [1.29, 1.82) is 0 Å². The lowest BCUT2D eigenvalue weighted by molar-refractivity contribution is -0.159. The van der Waals surface area contributed by atoms with Gasteiger partial charge in [-0.25, -0.2) is 0 Å². The normalized spacial score (nSPS) is 25.0. The molecule has 4 rings (SSSR count). The molecular weight excluding hydrogens is 397 g/mol. The van der Waals surface area contributed by atoms with Crippen LogP contribution in [0.15, 0.2) is 41.7 Å². The van der Waals surface area contributed by atoms with Crippen LogP contribution in [0.3, 0.4) is 0 Å². The molecule has 0 N–H and O–H groups in total. The van der Waals surface area contributed by atoms with Crippen molar-refractivity contribution in [2.24, 2.45) is 5.41 Å². The molecule has 2 atom stereocenters. The van der Waals surface area contributed by atoms with Crippen LogP contribution < -0.4 is 4.74 Å².